The Kier molecular flexibility index (Phi) is 6.69. The first-order valence-electron chi connectivity index (χ1n) is 10.8. The maximum Gasteiger partial charge on any atom is 0.265 e. The van der Waals surface area contributed by atoms with Crippen molar-refractivity contribution in [3.8, 4) is 11.5 Å². The van der Waals surface area contributed by atoms with Gasteiger partial charge in [-0.1, -0.05) is 31.2 Å². The van der Waals surface area contributed by atoms with Crippen LogP contribution in [0.4, 0.5) is 5.69 Å². The summed E-state index contributed by atoms with van der Waals surface area (Å²) in [5.74, 6) is 1.04. The van der Waals surface area contributed by atoms with E-state index in [1.807, 2.05) is 56.3 Å². The standard InChI is InChI=1S/C26H25N3O4/c1-3-23(33-22-9-5-4-6-10-22)26(31)28-19-11-13-21(14-12-19)32-17-20-16-24(30)29-15-7-8-18(2)25(29)27-20/h4-16,23H,3,17H2,1-2H3,(H,28,31). The van der Waals surface area contributed by atoms with Crippen LogP contribution in [0.5, 0.6) is 11.5 Å². The number of hydrogen-bond donors (Lipinski definition) is 1. The van der Waals surface area contributed by atoms with Crippen molar-refractivity contribution in [1.29, 1.82) is 0 Å². The fourth-order valence-corrected chi connectivity index (χ4v) is 3.38. The van der Waals surface area contributed by atoms with Crippen LogP contribution in [0.25, 0.3) is 5.65 Å². The largest absolute Gasteiger partial charge is 0.487 e. The van der Waals surface area contributed by atoms with Crippen molar-refractivity contribution in [2.75, 3.05) is 5.32 Å². The first-order valence-corrected chi connectivity index (χ1v) is 10.8. The number of fused-ring (bicyclic) bond motifs is 1. The maximum atomic E-state index is 12.6. The molecule has 0 fully saturated rings. The number of nitrogens with zero attached hydrogens (tertiary/aromatic N) is 2. The number of hydrogen-bond acceptors (Lipinski definition) is 5. The lowest BCUT2D eigenvalue weighted by Crippen LogP contribution is -2.32. The summed E-state index contributed by atoms with van der Waals surface area (Å²) in [6.45, 7) is 3.97. The summed E-state index contributed by atoms with van der Waals surface area (Å²) >= 11 is 0. The number of anilines is 1. The number of rotatable bonds is 8. The molecule has 2 aromatic carbocycles. The van der Waals surface area contributed by atoms with Crippen molar-refractivity contribution in [2.24, 2.45) is 0 Å². The molecule has 1 N–H and O–H groups in total. The molecular weight excluding hydrogens is 418 g/mol. The van der Waals surface area contributed by atoms with Gasteiger partial charge in [0.1, 0.15) is 23.8 Å². The van der Waals surface area contributed by atoms with Crippen molar-refractivity contribution >= 4 is 17.2 Å². The van der Waals surface area contributed by atoms with Gasteiger partial charge in [0.2, 0.25) is 0 Å². The van der Waals surface area contributed by atoms with E-state index in [4.69, 9.17) is 9.47 Å². The van der Waals surface area contributed by atoms with Gasteiger partial charge in [-0.3, -0.25) is 14.0 Å². The number of aryl methyl sites for hydroxylation is 1. The minimum atomic E-state index is -0.593. The Morgan fingerprint density at radius 2 is 1.79 bits per heavy atom. The van der Waals surface area contributed by atoms with Crippen LogP contribution in [-0.4, -0.2) is 21.4 Å². The van der Waals surface area contributed by atoms with Gasteiger partial charge in [0.05, 0.1) is 5.69 Å². The molecule has 0 saturated carbocycles. The molecule has 2 aromatic heterocycles. The molecule has 1 atom stereocenters. The van der Waals surface area contributed by atoms with Gasteiger partial charge in [-0.05, 0) is 61.4 Å². The number of nitrogens with one attached hydrogen (secondary N) is 1. The molecule has 7 nitrogen and oxygen atoms in total. The fourth-order valence-electron chi connectivity index (χ4n) is 3.38. The maximum absolute atomic E-state index is 12.6. The van der Waals surface area contributed by atoms with Crippen LogP contribution < -0.4 is 20.3 Å². The van der Waals surface area contributed by atoms with Crippen molar-refractivity contribution in [1.82, 2.24) is 9.38 Å². The average molecular weight is 444 g/mol. The van der Waals surface area contributed by atoms with Crippen LogP contribution in [0, 0.1) is 6.92 Å². The topological polar surface area (TPSA) is 81.9 Å². The van der Waals surface area contributed by atoms with E-state index in [0.29, 0.717) is 34.9 Å². The minimum Gasteiger partial charge on any atom is -0.487 e. The molecule has 4 rings (SSSR count). The minimum absolute atomic E-state index is 0.149. The summed E-state index contributed by atoms with van der Waals surface area (Å²) in [4.78, 5) is 29.5. The van der Waals surface area contributed by atoms with Crippen LogP contribution in [0.2, 0.25) is 0 Å². The zero-order chi connectivity index (χ0) is 23.2. The van der Waals surface area contributed by atoms with E-state index < -0.39 is 6.10 Å². The highest BCUT2D eigenvalue weighted by Crippen LogP contribution is 2.19. The van der Waals surface area contributed by atoms with E-state index >= 15 is 0 Å². The highest BCUT2D eigenvalue weighted by atomic mass is 16.5. The Labute approximate surface area is 191 Å². The molecule has 1 amide bonds. The Morgan fingerprint density at radius 3 is 2.52 bits per heavy atom. The van der Waals surface area contributed by atoms with Crippen LogP contribution >= 0.6 is 0 Å². The zero-order valence-electron chi connectivity index (χ0n) is 18.5. The van der Waals surface area contributed by atoms with E-state index in [1.165, 1.54) is 10.5 Å². The number of benzene rings is 2. The van der Waals surface area contributed by atoms with Crippen LogP contribution in [-0.2, 0) is 11.4 Å². The second-order valence-corrected chi connectivity index (χ2v) is 7.60. The lowest BCUT2D eigenvalue weighted by Gasteiger charge is -2.17. The molecule has 0 aliphatic rings. The normalized spacial score (nSPS) is 11.7. The number of pyridine rings is 1. The molecule has 0 saturated heterocycles. The molecule has 33 heavy (non-hydrogen) atoms. The number of amides is 1. The Morgan fingerprint density at radius 1 is 1.03 bits per heavy atom. The number of aromatic nitrogens is 2. The Bertz CT molecular complexity index is 1300. The highest BCUT2D eigenvalue weighted by Gasteiger charge is 2.18. The second-order valence-electron chi connectivity index (χ2n) is 7.60. The van der Waals surface area contributed by atoms with Crippen molar-refractivity contribution in [3.05, 3.63) is 101 Å². The van der Waals surface area contributed by atoms with Crippen LogP contribution in [0.15, 0.2) is 83.8 Å². The van der Waals surface area contributed by atoms with Crippen LogP contribution in [0.1, 0.15) is 24.6 Å². The lowest BCUT2D eigenvalue weighted by atomic mass is 10.2. The Balaban J connectivity index is 1.37. The third-order valence-electron chi connectivity index (χ3n) is 5.13. The zero-order valence-corrected chi connectivity index (χ0v) is 18.5. The number of ether oxygens (including phenoxy) is 2. The quantitative estimate of drug-likeness (QED) is 0.437. The third kappa shape index (κ3) is 5.38. The molecule has 2 heterocycles. The van der Waals surface area contributed by atoms with Crippen molar-refractivity contribution in [2.45, 2.75) is 33.0 Å². The van der Waals surface area contributed by atoms with Gasteiger partial charge < -0.3 is 14.8 Å². The van der Waals surface area contributed by atoms with Gasteiger partial charge in [-0.25, -0.2) is 4.98 Å². The van der Waals surface area contributed by atoms with E-state index in [2.05, 4.69) is 10.3 Å². The van der Waals surface area contributed by atoms with Gasteiger partial charge in [0, 0.05) is 18.0 Å². The average Bonchev–Trinajstić information content (AvgIpc) is 2.83. The molecule has 1 unspecified atom stereocenters. The summed E-state index contributed by atoms with van der Waals surface area (Å²) in [6, 6.07) is 21.5. The third-order valence-corrected chi connectivity index (χ3v) is 5.13. The smallest absolute Gasteiger partial charge is 0.265 e. The SMILES string of the molecule is CCC(Oc1ccccc1)C(=O)Nc1ccc(OCc2cc(=O)n3cccc(C)c3n2)cc1. The predicted octanol–water partition coefficient (Wildman–Crippen LogP) is 4.38. The lowest BCUT2D eigenvalue weighted by molar-refractivity contribution is -0.122. The van der Waals surface area contributed by atoms with Crippen LogP contribution in [0.3, 0.4) is 0 Å². The van der Waals surface area contributed by atoms with E-state index in [9.17, 15) is 9.59 Å². The second kappa shape index (κ2) is 9.99. The van der Waals surface area contributed by atoms with Crippen molar-refractivity contribution in [3.63, 3.8) is 0 Å². The molecule has 0 bridgehead atoms. The van der Waals surface area contributed by atoms with E-state index in [0.717, 1.165) is 5.56 Å². The van der Waals surface area contributed by atoms with E-state index in [-0.39, 0.29) is 18.1 Å². The molecule has 168 valence electrons. The van der Waals surface area contributed by atoms with Gasteiger partial charge in [-0.15, -0.1) is 0 Å². The Hall–Kier alpha value is -4.13. The molecule has 0 spiro atoms. The summed E-state index contributed by atoms with van der Waals surface area (Å²) in [7, 11) is 0. The summed E-state index contributed by atoms with van der Waals surface area (Å²) in [6.07, 6.45) is 1.65. The highest BCUT2D eigenvalue weighted by molar-refractivity contribution is 5.94. The van der Waals surface area contributed by atoms with E-state index in [1.54, 1.807) is 30.5 Å². The summed E-state index contributed by atoms with van der Waals surface area (Å²) in [5, 5.41) is 2.87. The number of carbonyl (C=O) groups is 1. The molecule has 0 radical (unpaired) electrons. The first-order chi connectivity index (χ1) is 16.0. The van der Waals surface area contributed by atoms with Gasteiger partial charge in [0.15, 0.2) is 6.10 Å². The number of para-hydroxylation sites is 1. The summed E-state index contributed by atoms with van der Waals surface area (Å²) < 4.78 is 13.1. The number of carbonyl (C=O) groups excluding carboxylic acids is 1. The predicted molar refractivity (Wildman–Crippen MR) is 127 cm³/mol. The fraction of sp³-hybridized carbons (Fsp3) is 0.192. The van der Waals surface area contributed by atoms with Gasteiger partial charge >= 0.3 is 0 Å². The first kappa shape index (κ1) is 22.1. The van der Waals surface area contributed by atoms with Gasteiger partial charge in [0.25, 0.3) is 11.5 Å². The summed E-state index contributed by atoms with van der Waals surface area (Å²) in [5.41, 5.74) is 2.57. The molecule has 0 aliphatic carbocycles. The van der Waals surface area contributed by atoms with Gasteiger partial charge in [-0.2, -0.15) is 0 Å². The molecule has 4 aromatic rings. The molecule has 0 aliphatic heterocycles. The molecule has 7 heteroatoms. The monoisotopic (exact) mass is 443 g/mol. The molecular formula is C26H25N3O4. The van der Waals surface area contributed by atoms with Crippen molar-refractivity contribution < 1.29 is 14.3 Å².